The number of carbonyl (C=O) groups excluding carboxylic acids is 1. The molecule has 0 aliphatic heterocycles. The van der Waals surface area contributed by atoms with Gasteiger partial charge in [0.25, 0.3) is 11.8 Å². The molecule has 3 aromatic rings. The molecule has 1 amide bonds. The van der Waals surface area contributed by atoms with Crippen molar-refractivity contribution in [3.63, 3.8) is 0 Å². The molecule has 3 aromatic heterocycles. The molecule has 0 bridgehead atoms. The molecule has 8 heteroatoms. The molecule has 0 unspecified atom stereocenters. The second kappa shape index (κ2) is 4.94. The first-order chi connectivity index (χ1) is 9.33. The summed E-state index contributed by atoms with van der Waals surface area (Å²) in [7, 11) is 0. The van der Waals surface area contributed by atoms with Crippen molar-refractivity contribution in [3.8, 4) is 10.8 Å². The van der Waals surface area contributed by atoms with Crippen LogP contribution in [0.2, 0.25) is 0 Å². The molecule has 3 rings (SSSR count). The van der Waals surface area contributed by atoms with Crippen molar-refractivity contribution in [2.75, 3.05) is 5.32 Å². The lowest BCUT2D eigenvalue weighted by molar-refractivity contribution is 0.101. The van der Waals surface area contributed by atoms with Crippen LogP contribution in [-0.2, 0) is 0 Å². The Morgan fingerprint density at radius 1 is 1.32 bits per heavy atom. The molecular weight excluding hydrogens is 266 g/mol. The van der Waals surface area contributed by atoms with Crippen LogP contribution in [0.25, 0.3) is 10.8 Å². The molecule has 1 N–H and O–H groups in total. The Hall–Kier alpha value is -2.61. The number of rotatable bonds is 3. The van der Waals surface area contributed by atoms with Gasteiger partial charge in [-0.15, -0.1) is 16.4 Å². The van der Waals surface area contributed by atoms with Gasteiger partial charge in [0.05, 0.1) is 11.1 Å². The molecular formula is C11H7N5O2S. The lowest BCUT2D eigenvalue weighted by Crippen LogP contribution is -2.13. The van der Waals surface area contributed by atoms with Crippen LogP contribution in [0.4, 0.5) is 6.01 Å². The van der Waals surface area contributed by atoms with E-state index in [0.717, 1.165) is 4.88 Å². The Morgan fingerprint density at radius 3 is 3.00 bits per heavy atom. The third kappa shape index (κ3) is 2.47. The van der Waals surface area contributed by atoms with E-state index in [0.29, 0.717) is 5.89 Å². The Morgan fingerprint density at radius 2 is 2.26 bits per heavy atom. The van der Waals surface area contributed by atoms with Gasteiger partial charge < -0.3 is 4.42 Å². The summed E-state index contributed by atoms with van der Waals surface area (Å²) in [6.45, 7) is 0. The van der Waals surface area contributed by atoms with E-state index in [1.807, 2.05) is 17.5 Å². The summed E-state index contributed by atoms with van der Waals surface area (Å²) in [4.78, 5) is 20.3. The van der Waals surface area contributed by atoms with Gasteiger partial charge in [0.2, 0.25) is 0 Å². The molecule has 0 aromatic carbocycles. The minimum absolute atomic E-state index is 0.0269. The maximum Gasteiger partial charge on any atom is 0.322 e. The molecule has 0 atom stereocenters. The molecule has 94 valence electrons. The van der Waals surface area contributed by atoms with Crippen LogP contribution in [0.15, 0.2) is 40.5 Å². The van der Waals surface area contributed by atoms with Gasteiger partial charge in [-0.3, -0.25) is 15.1 Å². The number of hydrogen-bond donors (Lipinski definition) is 1. The zero-order valence-corrected chi connectivity index (χ0v) is 10.3. The largest absolute Gasteiger partial charge is 0.402 e. The predicted octanol–water partition coefficient (Wildman–Crippen LogP) is 1.84. The zero-order chi connectivity index (χ0) is 13.1. The molecule has 0 saturated heterocycles. The van der Waals surface area contributed by atoms with Crippen molar-refractivity contribution in [1.29, 1.82) is 0 Å². The van der Waals surface area contributed by atoms with Crippen LogP contribution in [0.1, 0.15) is 10.5 Å². The molecule has 19 heavy (non-hydrogen) atoms. The second-order valence-electron chi connectivity index (χ2n) is 3.43. The number of thiophene rings is 1. The van der Waals surface area contributed by atoms with E-state index in [1.54, 1.807) is 0 Å². The number of nitrogens with zero attached hydrogens (tertiary/aromatic N) is 4. The van der Waals surface area contributed by atoms with Gasteiger partial charge in [0.1, 0.15) is 5.69 Å². The Labute approximate surface area is 111 Å². The van der Waals surface area contributed by atoms with Gasteiger partial charge in [-0.2, -0.15) is 0 Å². The van der Waals surface area contributed by atoms with Gasteiger partial charge >= 0.3 is 6.01 Å². The van der Waals surface area contributed by atoms with Crippen molar-refractivity contribution in [3.05, 3.63) is 41.8 Å². The Kier molecular flexibility index (Phi) is 2.99. The molecule has 0 saturated carbocycles. The third-order valence-corrected chi connectivity index (χ3v) is 3.03. The summed E-state index contributed by atoms with van der Waals surface area (Å²) in [5, 5.41) is 12.0. The van der Waals surface area contributed by atoms with E-state index in [2.05, 4.69) is 25.5 Å². The summed E-state index contributed by atoms with van der Waals surface area (Å²) in [6.07, 6.45) is 4.27. The summed E-state index contributed by atoms with van der Waals surface area (Å²) in [5.74, 6) is -0.0843. The monoisotopic (exact) mass is 273 g/mol. The maximum absolute atomic E-state index is 11.8. The van der Waals surface area contributed by atoms with Gasteiger partial charge in [0, 0.05) is 12.4 Å². The normalized spacial score (nSPS) is 10.3. The second-order valence-corrected chi connectivity index (χ2v) is 4.38. The fourth-order valence-electron chi connectivity index (χ4n) is 1.35. The van der Waals surface area contributed by atoms with E-state index < -0.39 is 5.91 Å². The zero-order valence-electron chi connectivity index (χ0n) is 9.48. The molecule has 0 fully saturated rings. The van der Waals surface area contributed by atoms with E-state index >= 15 is 0 Å². The number of amides is 1. The minimum atomic E-state index is -0.450. The lowest BCUT2D eigenvalue weighted by atomic mass is 10.4. The van der Waals surface area contributed by atoms with Crippen LogP contribution in [-0.4, -0.2) is 26.1 Å². The summed E-state index contributed by atoms with van der Waals surface area (Å²) in [6, 6.07) is 3.76. The van der Waals surface area contributed by atoms with Gasteiger partial charge in [-0.05, 0) is 11.4 Å². The molecule has 0 aliphatic rings. The molecule has 7 nitrogen and oxygen atoms in total. The van der Waals surface area contributed by atoms with Crippen molar-refractivity contribution >= 4 is 23.3 Å². The van der Waals surface area contributed by atoms with Crippen LogP contribution in [0.5, 0.6) is 0 Å². The molecule has 3 heterocycles. The predicted molar refractivity (Wildman–Crippen MR) is 67.6 cm³/mol. The maximum atomic E-state index is 11.8. The number of aromatic nitrogens is 4. The van der Waals surface area contributed by atoms with Crippen molar-refractivity contribution < 1.29 is 9.21 Å². The van der Waals surface area contributed by atoms with E-state index in [1.165, 1.54) is 29.9 Å². The molecule has 0 aliphatic carbocycles. The summed E-state index contributed by atoms with van der Waals surface area (Å²) in [5.41, 5.74) is 0.179. The first-order valence-corrected chi connectivity index (χ1v) is 6.15. The standard InChI is InChI=1S/C11H7N5O2S/c17-9(7-6-12-3-4-13-7)14-11-16-15-10(18-11)8-2-1-5-19-8/h1-6H,(H,14,16,17). The van der Waals surface area contributed by atoms with Gasteiger partial charge in [-0.1, -0.05) is 11.2 Å². The average Bonchev–Trinajstić information content (AvgIpc) is 3.10. The number of anilines is 1. The minimum Gasteiger partial charge on any atom is -0.402 e. The average molecular weight is 273 g/mol. The van der Waals surface area contributed by atoms with Crippen LogP contribution in [0, 0.1) is 0 Å². The smallest absolute Gasteiger partial charge is 0.322 e. The van der Waals surface area contributed by atoms with Crippen LogP contribution in [0.3, 0.4) is 0 Å². The van der Waals surface area contributed by atoms with Crippen molar-refractivity contribution in [2.24, 2.45) is 0 Å². The third-order valence-electron chi connectivity index (χ3n) is 2.17. The highest BCUT2D eigenvalue weighted by atomic mass is 32.1. The van der Waals surface area contributed by atoms with Crippen molar-refractivity contribution in [1.82, 2.24) is 20.2 Å². The fourth-order valence-corrected chi connectivity index (χ4v) is 2.00. The van der Waals surface area contributed by atoms with Crippen molar-refractivity contribution in [2.45, 2.75) is 0 Å². The van der Waals surface area contributed by atoms with Gasteiger partial charge in [0.15, 0.2) is 0 Å². The molecule has 0 spiro atoms. The Balaban J connectivity index is 1.76. The quantitative estimate of drug-likeness (QED) is 0.782. The summed E-state index contributed by atoms with van der Waals surface area (Å²) < 4.78 is 5.33. The topological polar surface area (TPSA) is 93.8 Å². The molecule has 0 radical (unpaired) electrons. The SMILES string of the molecule is O=C(Nc1nnc(-c2cccs2)o1)c1cnccn1. The highest BCUT2D eigenvalue weighted by Gasteiger charge is 2.13. The van der Waals surface area contributed by atoms with Gasteiger partial charge in [-0.25, -0.2) is 4.98 Å². The first-order valence-electron chi connectivity index (χ1n) is 5.27. The number of nitrogens with one attached hydrogen (secondary N) is 1. The lowest BCUT2D eigenvalue weighted by Gasteiger charge is -1.97. The highest BCUT2D eigenvalue weighted by molar-refractivity contribution is 7.13. The fraction of sp³-hybridized carbons (Fsp3) is 0. The van der Waals surface area contributed by atoms with Crippen LogP contribution >= 0.6 is 11.3 Å². The first kappa shape index (κ1) is 11.5. The van der Waals surface area contributed by atoms with E-state index in [-0.39, 0.29) is 11.7 Å². The number of hydrogen-bond acceptors (Lipinski definition) is 7. The van der Waals surface area contributed by atoms with E-state index in [9.17, 15) is 4.79 Å². The highest BCUT2D eigenvalue weighted by Crippen LogP contribution is 2.24. The Bertz CT molecular complexity index is 680. The van der Waals surface area contributed by atoms with E-state index in [4.69, 9.17) is 4.42 Å². The number of carbonyl (C=O) groups is 1. The summed E-state index contributed by atoms with van der Waals surface area (Å²) >= 11 is 1.47. The van der Waals surface area contributed by atoms with Crippen LogP contribution < -0.4 is 5.32 Å².